The van der Waals surface area contributed by atoms with Crippen molar-refractivity contribution in [2.45, 2.75) is 46.7 Å². The minimum absolute atomic E-state index is 0.165. The van der Waals surface area contributed by atoms with Crippen molar-refractivity contribution >= 4 is 35.0 Å². The molecule has 0 fully saturated rings. The summed E-state index contributed by atoms with van der Waals surface area (Å²) in [4.78, 5) is 27.3. The average Bonchev–Trinajstić information content (AvgIpc) is 2.71. The number of rotatable bonds is 9. The van der Waals surface area contributed by atoms with E-state index in [0.29, 0.717) is 28.8 Å². The number of likely N-dealkylation sites (N-methyl/N-ethyl adjacent to an activating group) is 1. The lowest BCUT2D eigenvalue weighted by molar-refractivity contribution is -0.142. The molecule has 2 amide bonds. The summed E-state index contributed by atoms with van der Waals surface area (Å²) in [6.45, 7) is 8.21. The molecule has 1 atom stereocenters. The molecule has 30 heavy (non-hydrogen) atoms. The van der Waals surface area contributed by atoms with E-state index >= 15 is 0 Å². The van der Waals surface area contributed by atoms with Gasteiger partial charge in [-0.25, -0.2) is 0 Å². The second-order valence-electron chi connectivity index (χ2n) is 7.08. The van der Waals surface area contributed by atoms with Crippen molar-refractivity contribution in [2.24, 2.45) is 0 Å². The Morgan fingerprint density at radius 3 is 2.47 bits per heavy atom. The van der Waals surface area contributed by atoms with Crippen molar-refractivity contribution in [3.8, 4) is 5.75 Å². The summed E-state index contributed by atoms with van der Waals surface area (Å²) in [6.07, 6.45) is 0.475. The molecule has 0 bridgehead atoms. The van der Waals surface area contributed by atoms with Gasteiger partial charge < -0.3 is 15.0 Å². The molecule has 0 heterocycles. The number of ether oxygens (including phenoxy) is 1. The van der Waals surface area contributed by atoms with Crippen LogP contribution < -0.4 is 10.1 Å². The Bertz CT molecular complexity index is 902. The maximum absolute atomic E-state index is 13.1. The molecule has 5 nitrogen and oxygen atoms in total. The largest absolute Gasteiger partial charge is 0.483 e. The van der Waals surface area contributed by atoms with Crippen molar-refractivity contribution in [2.75, 3.05) is 13.2 Å². The molecule has 2 rings (SSSR count). The highest BCUT2D eigenvalue weighted by atomic mass is 35.5. The third kappa shape index (κ3) is 6.13. The molecule has 0 aliphatic rings. The molecule has 0 radical (unpaired) electrons. The molecule has 162 valence electrons. The highest BCUT2D eigenvalue weighted by Gasteiger charge is 2.28. The lowest BCUT2D eigenvalue weighted by Crippen LogP contribution is -2.50. The van der Waals surface area contributed by atoms with Crippen LogP contribution in [0, 0.1) is 13.8 Å². The van der Waals surface area contributed by atoms with Crippen LogP contribution in [0.15, 0.2) is 36.4 Å². The average molecular weight is 451 g/mol. The Hall–Kier alpha value is -2.24. The maximum Gasteiger partial charge on any atom is 0.261 e. The lowest BCUT2D eigenvalue weighted by atomic mass is 10.1. The first-order chi connectivity index (χ1) is 14.3. The topological polar surface area (TPSA) is 58.6 Å². The number of carbonyl (C=O) groups excluding carboxylic acids is 2. The van der Waals surface area contributed by atoms with E-state index in [4.69, 9.17) is 27.9 Å². The molecule has 0 aliphatic heterocycles. The summed E-state index contributed by atoms with van der Waals surface area (Å²) in [5.74, 6) is 0.184. The number of nitrogens with zero attached hydrogens (tertiary/aromatic N) is 1. The first-order valence-electron chi connectivity index (χ1n) is 9.98. The van der Waals surface area contributed by atoms with E-state index in [9.17, 15) is 9.59 Å². The first-order valence-corrected chi connectivity index (χ1v) is 10.7. The summed E-state index contributed by atoms with van der Waals surface area (Å²) in [7, 11) is 0. The van der Waals surface area contributed by atoms with Crippen molar-refractivity contribution in [1.82, 2.24) is 10.2 Å². The third-order valence-corrected chi connectivity index (χ3v) is 5.72. The number of benzene rings is 2. The second-order valence-corrected chi connectivity index (χ2v) is 7.89. The second kappa shape index (κ2) is 11.2. The fourth-order valence-corrected chi connectivity index (χ4v) is 3.47. The van der Waals surface area contributed by atoms with Crippen molar-refractivity contribution < 1.29 is 14.3 Å². The number of amides is 2. The smallest absolute Gasteiger partial charge is 0.261 e. The van der Waals surface area contributed by atoms with Gasteiger partial charge in [0, 0.05) is 13.1 Å². The fraction of sp³-hybridized carbons (Fsp3) is 0.391. The van der Waals surface area contributed by atoms with Gasteiger partial charge in [-0.15, -0.1) is 0 Å². The Balaban J connectivity index is 2.26. The summed E-state index contributed by atoms with van der Waals surface area (Å²) >= 11 is 12.1. The molecule has 0 aliphatic carbocycles. The molecule has 0 saturated carbocycles. The van der Waals surface area contributed by atoms with E-state index in [-0.39, 0.29) is 25.0 Å². The minimum Gasteiger partial charge on any atom is -0.483 e. The molecule has 2 aromatic carbocycles. The highest BCUT2D eigenvalue weighted by molar-refractivity contribution is 6.42. The zero-order chi connectivity index (χ0) is 22.3. The van der Waals surface area contributed by atoms with E-state index in [0.717, 1.165) is 16.7 Å². The van der Waals surface area contributed by atoms with E-state index in [1.807, 2.05) is 45.9 Å². The van der Waals surface area contributed by atoms with Gasteiger partial charge in [0.15, 0.2) is 6.61 Å². The Kier molecular flexibility index (Phi) is 9.00. The van der Waals surface area contributed by atoms with Crippen LogP contribution in [0.3, 0.4) is 0 Å². The van der Waals surface area contributed by atoms with Gasteiger partial charge in [0.2, 0.25) is 5.91 Å². The summed E-state index contributed by atoms with van der Waals surface area (Å²) in [5, 5.41) is 3.65. The van der Waals surface area contributed by atoms with Crippen LogP contribution >= 0.6 is 23.2 Å². The van der Waals surface area contributed by atoms with Crippen molar-refractivity contribution in [1.29, 1.82) is 0 Å². The number of nitrogens with one attached hydrogen (secondary N) is 1. The Morgan fingerprint density at radius 2 is 1.83 bits per heavy atom. The van der Waals surface area contributed by atoms with Crippen LogP contribution in [0.2, 0.25) is 10.0 Å². The van der Waals surface area contributed by atoms with Crippen LogP contribution in [0.25, 0.3) is 0 Å². The number of hydrogen-bond donors (Lipinski definition) is 1. The summed E-state index contributed by atoms with van der Waals surface area (Å²) in [5.41, 5.74) is 2.85. The van der Waals surface area contributed by atoms with Gasteiger partial charge in [0.25, 0.3) is 5.91 Å². The van der Waals surface area contributed by atoms with Gasteiger partial charge in [-0.3, -0.25) is 9.59 Å². The SMILES string of the molecule is CCNC(=O)C(CC)N(Cc1ccc(Cl)c(Cl)c1)C(=O)COc1cccc(C)c1C. The molecule has 1 N–H and O–H groups in total. The third-order valence-electron chi connectivity index (χ3n) is 4.98. The lowest BCUT2D eigenvalue weighted by Gasteiger charge is -2.30. The normalized spacial score (nSPS) is 11.7. The maximum atomic E-state index is 13.1. The van der Waals surface area contributed by atoms with E-state index in [2.05, 4.69) is 5.32 Å². The van der Waals surface area contributed by atoms with Gasteiger partial charge in [-0.05, 0) is 62.1 Å². The number of aryl methyl sites for hydroxylation is 1. The predicted molar refractivity (Wildman–Crippen MR) is 121 cm³/mol. The first kappa shape index (κ1) is 24.0. The van der Waals surface area contributed by atoms with Gasteiger partial charge in [0.05, 0.1) is 10.0 Å². The van der Waals surface area contributed by atoms with Gasteiger partial charge in [-0.2, -0.15) is 0 Å². The van der Waals surface area contributed by atoms with Gasteiger partial charge in [-0.1, -0.05) is 48.3 Å². The van der Waals surface area contributed by atoms with Crippen LogP contribution in [0.5, 0.6) is 5.75 Å². The molecule has 1 unspecified atom stereocenters. The van der Waals surface area contributed by atoms with Crippen LogP contribution in [0.4, 0.5) is 0 Å². The molecule has 7 heteroatoms. The quantitative estimate of drug-likeness (QED) is 0.588. The fourth-order valence-electron chi connectivity index (χ4n) is 3.15. The predicted octanol–water partition coefficient (Wildman–Crippen LogP) is 4.93. The van der Waals surface area contributed by atoms with E-state index < -0.39 is 6.04 Å². The molecule has 2 aromatic rings. The molecule has 0 aromatic heterocycles. The van der Waals surface area contributed by atoms with Crippen LogP contribution in [-0.4, -0.2) is 35.9 Å². The molecule has 0 saturated heterocycles. The zero-order valence-corrected chi connectivity index (χ0v) is 19.3. The van der Waals surface area contributed by atoms with Crippen LogP contribution in [-0.2, 0) is 16.1 Å². The van der Waals surface area contributed by atoms with E-state index in [1.54, 1.807) is 18.2 Å². The standard InChI is InChI=1S/C23H28Cl2N2O3/c1-5-20(23(29)26-6-2)27(13-17-10-11-18(24)19(25)12-17)22(28)14-30-21-9-7-8-15(3)16(21)4/h7-12,20H,5-6,13-14H2,1-4H3,(H,26,29). The number of halogens is 2. The van der Waals surface area contributed by atoms with Gasteiger partial charge in [0.1, 0.15) is 11.8 Å². The van der Waals surface area contributed by atoms with Gasteiger partial charge >= 0.3 is 0 Å². The monoisotopic (exact) mass is 450 g/mol. The summed E-state index contributed by atoms with van der Waals surface area (Å²) < 4.78 is 5.81. The van der Waals surface area contributed by atoms with Crippen molar-refractivity contribution in [3.63, 3.8) is 0 Å². The van der Waals surface area contributed by atoms with Crippen molar-refractivity contribution in [3.05, 3.63) is 63.1 Å². The highest BCUT2D eigenvalue weighted by Crippen LogP contribution is 2.25. The molecular formula is C23H28Cl2N2O3. The Labute approximate surface area is 188 Å². The molecular weight excluding hydrogens is 423 g/mol. The number of carbonyl (C=O) groups is 2. The summed E-state index contributed by atoms with van der Waals surface area (Å²) in [6, 6.07) is 10.3. The number of hydrogen-bond acceptors (Lipinski definition) is 3. The van der Waals surface area contributed by atoms with Crippen LogP contribution in [0.1, 0.15) is 37.0 Å². The Morgan fingerprint density at radius 1 is 1.10 bits per heavy atom. The molecule has 0 spiro atoms. The minimum atomic E-state index is -0.617. The van der Waals surface area contributed by atoms with E-state index in [1.165, 1.54) is 4.90 Å². The zero-order valence-electron chi connectivity index (χ0n) is 17.8.